The maximum atomic E-state index is 10.9. The zero-order chi connectivity index (χ0) is 11.6. The third-order valence-corrected chi connectivity index (χ3v) is 2.25. The minimum atomic E-state index is -1.13. The summed E-state index contributed by atoms with van der Waals surface area (Å²) in [5.74, 6) is -1.64. The lowest BCUT2D eigenvalue weighted by Crippen LogP contribution is -2.08. The van der Waals surface area contributed by atoms with Gasteiger partial charge in [0.25, 0.3) is 0 Å². The van der Waals surface area contributed by atoms with Crippen LogP contribution in [0, 0.1) is 6.92 Å². The summed E-state index contributed by atoms with van der Waals surface area (Å²) in [5.41, 5.74) is 0.743. The number of rotatable bonds is 2. The van der Waals surface area contributed by atoms with Crippen molar-refractivity contribution in [1.29, 1.82) is 0 Å². The lowest BCUT2D eigenvalue weighted by Gasteiger charge is -2.08. The number of halogens is 1. The predicted octanol–water partition coefficient (Wildman–Crippen LogP) is 2.38. The lowest BCUT2D eigenvalue weighted by molar-refractivity contribution is -0.131. The van der Waals surface area contributed by atoms with Crippen LogP contribution in [0.1, 0.15) is 22.8 Å². The third kappa shape index (κ3) is 2.79. The van der Waals surface area contributed by atoms with Crippen LogP contribution in [0.2, 0.25) is 0 Å². The summed E-state index contributed by atoms with van der Waals surface area (Å²) in [6.45, 7) is 2.98. The number of esters is 1. The molecule has 15 heavy (non-hydrogen) atoms. The van der Waals surface area contributed by atoms with Crippen molar-refractivity contribution in [3.05, 3.63) is 27.7 Å². The van der Waals surface area contributed by atoms with Crippen molar-refractivity contribution >= 4 is 27.9 Å². The molecule has 1 rings (SSSR count). The molecule has 0 aliphatic carbocycles. The predicted molar refractivity (Wildman–Crippen MR) is 57.1 cm³/mol. The summed E-state index contributed by atoms with van der Waals surface area (Å²) >= 11 is 3.15. The Morgan fingerprint density at radius 1 is 1.40 bits per heavy atom. The fraction of sp³-hybridized carbons (Fsp3) is 0.200. The SMILES string of the molecule is CC(=O)Oc1c(Br)cc(C)cc1C(=O)O. The number of carbonyl (C=O) groups excluding carboxylic acids is 1. The number of aromatic carboxylic acids is 1. The topological polar surface area (TPSA) is 63.6 Å². The number of carboxylic acids is 1. The van der Waals surface area contributed by atoms with Gasteiger partial charge in [0.05, 0.1) is 4.47 Å². The Morgan fingerprint density at radius 3 is 2.47 bits per heavy atom. The summed E-state index contributed by atoms with van der Waals surface area (Å²) < 4.78 is 5.28. The summed E-state index contributed by atoms with van der Waals surface area (Å²) in [5, 5.41) is 8.92. The van der Waals surface area contributed by atoms with Gasteiger partial charge in [-0.15, -0.1) is 0 Å². The highest BCUT2D eigenvalue weighted by atomic mass is 79.9. The van der Waals surface area contributed by atoms with Crippen molar-refractivity contribution in [1.82, 2.24) is 0 Å². The van der Waals surface area contributed by atoms with E-state index in [1.54, 1.807) is 13.0 Å². The molecule has 0 fully saturated rings. The van der Waals surface area contributed by atoms with Gasteiger partial charge in [0, 0.05) is 6.92 Å². The van der Waals surface area contributed by atoms with Crippen molar-refractivity contribution in [3.63, 3.8) is 0 Å². The average Bonchev–Trinajstić information content (AvgIpc) is 2.08. The summed E-state index contributed by atoms with van der Waals surface area (Å²) in [7, 11) is 0. The zero-order valence-electron chi connectivity index (χ0n) is 8.20. The Labute approximate surface area is 95.0 Å². The molecule has 0 heterocycles. The molecule has 0 amide bonds. The number of hydrogen-bond acceptors (Lipinski definition) is 3. The van der Waals surface area contributed by atoms with Gasteiger partial charge in [-0.05, 0) is 40.5 Å². The molecule has 80 valence electrons. The van der Waals surface area contributed by atoms with E-state index in [-0.39, 0.29) is 11.3 Å². The number of carboxylic acid groups (broad SMARTS) is 1. The number of benzene rings is 1. The van der Waals surface area contributed by atoms with E-state index in [0.717, 1.165) is 5.56 Å². The van der Waals surface area contributed by atoms with Gasteiger partial charge in [-0.2, -0.15) is 0 Å². The third-order valence-electron chi connectivity index (χ3n) is 1.66. The molecular formula is C10H9BrO4. The minimum Gasteiger partial charge on any atom is -0.478 e. The Morgan fingerprint density at radius 2 is 2.00 bits per heavy atom. The van der Waals surface area contributed by atoms with Crippen molar-refractivity contribution < 1.29 is 19.4 Å². The standard InChI is InChI=1S/C10H9BrO4/c1-5-3-7(10(13)14)9(8(11)4-5)15-6(2)12/h3-4H,1-2H3,(H,13,14). The molecule has 4 nitrogen and oxygen atoms in total. The first-order valence-corrected chi connectivity index (χ1v) is 4.93. The van der Waals surface area contributed by atoms with Crippen molar-refractivity contribution in [2.24, 2.45) is 0 Å². The van der Waals surface area contributed by atoms with Crippen LogP contribution in [-0.4, -0.2) is 17.0 Å². The Hall–Kier alpha value is -1.36. The van der Waals surface area contributed by atoms with Crippen molar-refractivity contribution in [3.8, 4) is 5.75 Å². The van der Waals surface area contributed by atoms with E-state index in [4.69, 9.17) is 9.84 Å². The van der Waals surface area contributed by atoms with Crippen LogP contribution in [0.5, 0.6) is 5.75 Å². The van der Waals surface area contributed by atoms with Crippen LogP contribution in [-0.2, 0) is 4.79 Å². The molecule has 0 aromatic heterocycles. The highest BCUT2D eigenvalue weighted by Gasteiger charge is 2.16. The molecule has 5 heteroatoms. The van der Waals surface area contributed by atoms with Gasteiger partial charge in [-0.25, -0.2) is 4.79 Å². The van der Waals surface area contributed by atoms with Crippen LogP contribution >= 0.6 is 15.9 Å². The van der Waals surface area contributed by atoms with Crippen LogP contribution in [0.3, 0.4) is 0 Å². The van der Waals surface area contributed by atoms with E-state index in [2.05, 4.69) is 15.9 Å². The Balaban J connectivity index is 3.33. The molecule has 0 saturated heterocycles. The van der Waals surface area contributed by atoms with Crippen LogP contribution in [0.25, 0.3) is 0 Å². The molecule has 1 N–H and O–H groups in total. The van der Waals surface area contributed by atoms with Gasteiger partial charge in [0.1, 0.15) is 5.56 Å². The van der Waals surface area contributed by atoms with Crippen LogP contribution < -0.4 is 4.74 Å². The number of hydrogen-bond donors (Lipinski definition) is 1. The van der Waals surface area contributed by atoms with E-state index in [0.29, 0.717) is 4.47 Å². The molecule has 0 radical (unpaired) electrons. The second-order valence-corrected chi connectivity index (χ2v) is 3.88. The molecule has 0 unspecified atom stereocenters. The molecular weight excluding hydrogens is 264 g/mol. The molecule has 1 aromatic carbocycles. The fourth-order valence-electron chi connectivity index (χ4n) is 1.14. The van der Waals surface area contributed by atoms with Gasteiger partial charge in [-0.1, -0.05) is 0 Å². The summed E-state index contributed by atoms with van der Waals surface area (Å²) in [6, 6.07) is 3.14. The first-order valence-electron chi connectivity index (χ1n) is 4.13. The van der Waals surface area contributed by atoms with Gasteiger partial charge in [-0.3, -0.25) is 4.79 Å². The van der Waals surface area contributed by atoms with Crippen LogP contribution in [0.4, 0.5) is 0 Å². The van der Waals surface area contributed by atoms with E-state index in [9.17, 15) is 9.59 Å². The molecule has 0 aliphatic rings. The second kappa shape index (κ2) is 4.44. The largest absolute Gasteiger partial charge is 0.478 e. The lowest BCUT2D eigenvalue weighted by atomic mass is 10.1. The number of ether oxygens (including phenoxy) is 1. The van der Waals surface area contributed by atoms with Gasteiger partial charge in [0.2, 0.25) is 0 Å². The van der Waals surface area contributed by atoms with Gasteiger partial charge in [0.15, 0.2) is 5.75 Å². The molecule has 0 bridgehead atoms. The second-order valence-electron chi connectivity index (χ2n) is 3.02. The highest BCUT2D eigenvalue weighted by molar-refractivity contribution is 9.10. The van der Waals surface area contributed by atoms with E-state index in [1.807, 2.05) is 0 Å². The molecule has 0 spiro atoms. The Bertz CT molecular complexity index is 426. The number of carbonyl (C=O) groups is 2. The first kappa shape index (κ1) is 11.7. The molecule has 0 aliphatic heterocycles. The first-order chi connectivity index (χ1) is 6.91. The van der Waals surface area contributed by atoms with Gasteiger partial charge < -0.3 is 9.84 Å². The molecule has 1 aromatic rings. The average molecular weight is 273 g/mol. The quantitative estimate of drug-likeness (QED) is 0.663. The molecule has 0 saturated carbocycles. The highest BCUT2D eigenvalue weighted by Crippen LogP contribution is 2.30. The maximum absolute atomic E-state index is 10.9. The van der Waals surface area contributed by atoms with Crippen LogP contribution in [0.15, 0.2) is 16.6 Å². The zero-order valence-corrected chi connectivity index (χ0v) is 9.79. The number of aryl methyl sites for hydroxylation is 1. The normalized spacial score (nSPS) is 9.80. The summed E-state index contributed by atoms with van der Waals surface area (Å²) in [4.78, 5) is 21.7. The monoisotopic (exact) mass is 272 g/mol. The van der Waals surface area contributed by atoms with Gasteiger partial charge >= 0.3 is 11.9 Å². The van der Waals surface area contributed by atoms with E-state index < -0.39 is 11.9 Å². The fourth-order valence-corrected chi connectivity index (χ4v) is 1.79. The van der Waals surface area contributed by atoms with Crippen molar-refractivity contribution in [2.75, 3.05) is 0 Å². The van der Waals surface area contributed by atoms with E-state index >= 15 is 0 Å². The maximum Gasteiger partial charge on any atom is 0.339 e. The van der Waals surface area contributed by atoms with Crippen molar-refractivity contribution in [2.45, 2.75) is 13.8 Å². The Kier molecular flexibility index (Phi) is 3.47. The van der Waals surface area contributed by atoms with E-state index in [1.165, 1.54) is 13.0 Å². The summed E-state index contributed by atoms with van der Waals surface area (Å²) in [6.07, 6.45) is 0. The minimum absolute atomic E-state index is 0.0305. The molecule has 0 atom stereocenters. The smallest absolute Gasteiger partial charge is 0.339 e.